The van der Waals surface area contributed by atoms with E-state index in [4.69, 9.17) is 18.5 Å². The van der Waals surface area contributed by atoms with Crippen molar-refractivity contribution in [3.8, 4) is 0 Å². The summed E-state index contributed by atoms with van der Waals surface area (Å²) in [6, 6.07) is 0. The fourth-order valence-corrected chi connectivity index (χ4v) is 6.42. The molecule has 0 aromatic rings. The van der Waals surface area contributed by atoms with Gasteiger partial charge in [-0.3, -0.25) is 9.59 Å². The van der Waals surface area contributed by atoms with Gasteiger partial charge in [0.15, 0.2) is 6.10 Å². The van der Waals surface area contributed by atoms with Crippen LogP contribution in [-0.2, 0) is 28.1 Å². The second kappa shape index (κ2) is 35.1. The van der Waals surface area contributed by atoms with Crippen LogP contribution in [0.5, 0.6) is 0 Å². The van der Waals surface area contributed by atoms with Crippen molar-refractivity contribution in [2.24, 2.45) is 0 Å². The van der Waals surface area contributed by atoms with Crippen LogP contribution in [-0.4, -0.2) is 86.1 Å². The number of unbranched alkanes of at least 4 members (excludes halogenated alkanes) is 19. The van der Waals surface area contributed by atoms with E-state index in [-0.39, 0.29) is 38.1 Å². The zero-order valence-electron chi connectivity index (χ0n) is 34.6. The van der Waals surface area contributed by atoms with Gasteiger partial charge in [-0.25, -0.2) is 0 Å². The van der Waals surface area contributed by atoms with E-state index in [2.05, 4.69) is 19.9 Å². The number of hydrogen-bond acceptors (Lipinski definition) is 9. The summed E-state index contributed by atoms with van der Waals surface area (Å²) in [6.07, 6.45) is 32.6. The Labute approximate surface area is 325 Å². The second-order valence-corrected chi connectivity index (χ2v) is 17.0. The third-order valence-electron chi connectivity index (χ3n) is 9.09. The summed E-state index contributed by atoms with van der Waals surface area (Å²) in [4.78, 5) is 47.7. The molecule has 0 amide bonds. The lowest BCUT2D eigenvalue weighted by atomic mass is 10.0. The quantitative estimate of drug-likeness (QED) is 0.0207. The molecule has 0 rings (SSSR count). The molecule has 0 bridgehead atoms. The Balaban J connectivity index is 4.44. The zero-order chi connectivity index (χ0) is 39.5. The number of quaternary nitrogens is 1. The highest BCUT2D eigenvalue weighted by atomic mass is 31.2. The maximum atomic E-state index is 12.7. The zero-order valence-corrected chi connectivity index (χ0v) is 35.5. The molecule has 0 saturated carbocycles. The van der Waals surface area contributed by atoms with Crippen molar-refractivity contribution in [3.63, 3.8) is 0 Å². The minimum atomic E-state index is -4.39. The molecule has 0 aliphatic carbocycles. The molecule has 2 N–H and O–H groups in total. The molecule has 0 spiro atoms. The third kappa shape index (κ3) is 38.7. The van der Waals surface area contributed by atoms with Gasteiger partial charge in [-0.05, 0) is 32.1 Å². The van der Waals surface area contributed by atoms with Crippen LogP contribution in [0, 0.1) is 0 Å². The highest BCUT2D eigenvalue weighted by molar-refractivity contribution is 7.52. The molecule has 11 heteroatoms. The predicted octanol–water partition coefficient (Wildman–Crippen LogP) is 9.48. The molecule has 0 aromatic carbocycles. The summed E-state index contributed by atoms with van der Waals surface area (Å²) in [5.41, 5.74) is 0. The van der Waals surface area contributed by atoms with E-state index in [0.717, 1.165) is 77.0 Å². The Bertz CT molecular complexity index is 923. The number of nitrogens with zero attached hydrogens (tertiary/aromatic N) is 1. The third-order valence-corrected chi connectivity index (χ3v) is 10.1. The van der Waals surface area contributed by atoms with Crippen LogP contribution < -0.4 is 4.89 Å². The van der Waals surface area contributed by atoms with Crippen molar-refractivity contribution in [2.45, 2.75) is 187 Å². The Hall–Kier alpha value is -1.39. The Morgan fingerprint density at radius 2 is 1.19 bits per heavy atom. The second-order valence-electron chi connectivity index (χ2n) is 15.6. The molecule has 10 nitrogen and oxygen atoms in total. The topological polar surface area (TPSA) is 135 Å². The molecule has 0 radical (unpaired) electrons. The summed E-state index contributed by atoms with van der Waals surface area (Å²) in [7, 11) is 1.44. The molecule has 0 fully saturated rings. The van der Waals surface area contributed by atoms with E-state index in [9.17, 15) is 24.5 Å². The number of carbonyl (C=O) groups excluding carboxylic acids is 2. The van der Waals surface area contributed by atoms with Crippen LogP contribution in [0.25, 0.3) is 0 Å². The number of phosphoric acid groups is 1. The molecule has 312 valence electrons. The predicted molar refractivity (Wildman–Crippen MR) is 216 cm³/mol. The first-order valence-corrected chi connectivity index (χ1v) is 22.7. The molecule has 0 aromatic heterocycles. The summed E-state index contributed by atoms with van der Waals surface area (Å²) >= 11 is 0. The molecule has 2 unspecified atom stereocenters. The van der Waals surface area contributed by atoms with Crippen LogP contribution in [0.3, 0.4) is 0 Å². The minimum absolute atomic E-state index is 0.0203. The lowest BCUT2D eigenvalue weighted by Crippen LogP contribution is -2.38. The number of carbonyl (C=O) groups is 2. The Kier molecular flexibility index (Phi) is 34.1. The number of ether oxygens (including phenoxy) is 2. The molecule has 0 aliphatic rings. The van der Waals surface area contributed by atoms with Crippen molar-refractivity contribution < 1.29 is 47.5 Å². The first-order valence-electron chi connectivity index (χ1n) is 21.2. The van der Waals surface area contributed by atoms with Crippen molar-refractivity contribution >= 4 is 20.1 Å². The number of allylic oxidation sites excluding steroid dienone is 3. The molecule has 0 heterocycles. The fraction of sp³-hybridized carbons (Fsp3) is 0.857. The lowest BCUT2D eigenvalue weighted by molar-refractivity contribution is -0.870. The molecular weight excluding hydrogens is 693 g/mol. The van der Waals surface area contributed by atoms with E-state index in [1.807, 2.05) is 39.4 Å². The summed E-state index contributed by atoms with van der Waals surface area (Å²) < 4.78 is 21.7. The van der Waals surface area contributed by atoms with Gasteiger partial charge in [0, 0.05) is 12.8 Å². The normalized spacial score (nSPS) is 14.5. The van der Waals surface area contributed by atoms with Crippen molar-refractivity contribution in [2.75, 3.05) is 47.5 Å². The van der Waals surface area contributed by atoms with Crippen LogP contribution in [0.15, 0.2) is 24.3 Å². The van der Waals surface area contributed by atoms with Crippen LogP contribution in [0.1, 0.15) is 174 Å². The smallest absolute Gasteiger partial charge is 0.377 e. The average molecular weight is 775 g/mol. The van der Waals surface area contributed by atoms with Gasteiger partial charge in [0.1, 0.15) is 26.4 Å². The van der Waals surface area contributed by atoms with Gasteiger partial charge in [0.05, 0.1) is 27.2 Å². The summed E-state index contributed by atoms with van der Waals surface area (Å²) in [6.45, 7) is 4.26. The van der Waals surface area contributed by atoms with Crippen LogP contribution >= 0.6 is 8.17 Å². The van der Waals surface area contributed by atoms with E-state index >= 15 is 0 Å². The summed E-state index contributed by atoms with van der Waals surface area (Å²) in [5.74, 6) is -0.845. The van der Waals surface area contributed by atoms with Crippen molar-refractivity contribution in [1.29, 1.82) is 0 Å². The molecule has 0 aliphatic heterocycles. The van der Waals surface area contributed by atoms with Gasteiger partial charge in [0.2, 0.25) is 0 Å². The number of likely N-dealkylation sites (N-methyl/N-ethyl adjacent to an activating group) is 1. The van der Waals surface area contributed by atoms with Gasteiger partial charge >= 0.3 is 20.1 Å². The van der Waals surface area contributed by atoms with Gasteiger partial charge in [0.25, 0.3) is 0 Å². The van der Waals surface area contributed by atoms with Crippen molar-refractivity contribution in [3.05, 3.63) is 24.3 Å². The maximum absolute atomic E-state index is 12.7. The number of aliphatic hydroxyl groups excluding tert-OH is 1. The van der Waals surface area contributed by atoms with E-state index < -0.39 is 26.9 Å². The molecular formula is C42H81NO9P+. The Morgan fingerprint density at radius 3 is 1.75 bits per heavy atom. The van der Waals surface area contributed by atoms with E-state index in [0.29, 0.717) is 17.4 Å². The number of phosphoric ester groups is 1. The average Bonchev–Trinajstić information content (AvgIpc) is 3.09. The standard InChI is InChI=1S/C42H80NO9P/c1-6-8-10-11-12-13-14-15-16-19-22-25-29-33-41(45)49-37-40(38-51-53(47,48)50-36-35-43(3,4)5)52-42(46)34-30-26-23-20-17-18-21-24-28-32-39(44)31-27-9-7-2/h21,24,28,32,39-40,44H,6-20,22-23,25-27,29-31,33-38H2,1-5H3/p+1/b24-21+,32-28+/t39?,40-/m1/s1. The van der Waals surface area contributed by atoms with Crippen molar-refractivity contribution in [1.82, 2.24) is 0 Å². The van der Waals surface area contributed by atoms with Crippen LogP contribution in [0.4, 0.5) is 0 Å². The highest BCUT2D eigenvalue weighted by Crippen LogP contribution is 2.47. The SMILES string of the molecule is CCCCCCCCCCCCCCCC(=O)OC[C@H](CO[P+]([O-])(O)OCC[N+](C)(C)C)OC(=O)CCCCCCC/C=C/C=C/C(O)CCCCC. The number of rotatable bonds is 38. The maximum Gasteiger partial charge on any atom is 0.377 e. The van der Waals surface area contributed by atoms with Gasteiger partial charge < -0.3 is 24.0 Å². The molecule has 0 saturated heterocycles. The lowest BCUT2D eigenvalue weighted by Gasteiger charge is -2.26. The van der Waals surface area contributed by atoms with E-state index in [1.54, 1.807) is 0 Å². The first-order chi connectivity index (χ1) is 25.4. The fourth-order valence-electron chi connectivity index (χ4n) is 5.68. The number of esters is 2. The summed E-state index contributed by atoms with van der Waals surface area (Å²) in [5, 5.41) is 9.93. The van der Waals surface area contributed by atoms with Gasteiger partial charge in [-0.1, -0.05) is 154 Å². The Morgan fingerprint density at radius 1 is 0.679 bits per heavy atom. The van der Waals surface area contributed by atoms with E-state index in [1.165, 1.54) is 64.2 Å². The van der Waals surface area contributed by atoms with Gasteiger partial charge in [-0.15, -0.1) is 0 Å². The largest absolute Gasteiger partial charge is 0.606 e. The first kappa shape index (κ1) is 51.6. The monoisotopic (exact) mass is 775 g/mol. The van der Waals surface area contributed by atoms with Gasteiger partial charge in [-0.2, -0.15) is 13.9 Å². The number of aliphatic hydroxyl groups is 1. The van der Waals surface area contributed by atoms with Crippen LogP contribution in [0.2, 0.25) is 0 Å². The number of hydrogen-bond donors (Lipinski definition) is 2. The minimum Gasteiger partial charge on any atom is -0.606 e. The highest BCUT2D eigenvalue weighted by Gasteiger charge is 2.31. The molecule has 3 atom stereocenters. The molecule has 53 heavy (non-hydrogen) atoms.